The predicted octanol–water partition coefficient (Wildman–Crippen LogP) is 3.78. The molecule has 6 nitrogen and oxygen atoms in total. The summed E-state index contributed by atoms with van der Waals surface area (Å²) in [6.07, 6.45) is 0. The van der Waals surface area contributed by atoms with Crippen LogP contribution in [0.3, 0.4) is 0 Å². The van der Waals surface area contributed by atoms with E-state index in [9.17, 15) is 4.79 Å². The van der Waals surface area contributed by atoms with Gasteiger partial charge in [-0.15, -0.1) is 11.3 Å². The minimum atomic E-state index is -0.0245. The molecule has 0 aliphatic carbocycles. The van der Waals surface area contributed by atoms with E-state index in [1.54, 1.807) is 23.5 Å². The van der Waals surface area contributed by atoms with E-state index in [0.717, 1.165) is 30.3 Å². The average Bonchev–Trinajstić information content (AvgIpc) is 3.31. The minimum Gasteiger partial charge on any atom is -0.454 e. The van der Waals surface area contributed by atoms with Crippen molar-refractivity contribution in [3.8, 4) is 11.5 Å². The van der Waals surface area contributed by atoms with E-state index in [1.807, 2.05) is 4.90 Å². The Bertz CT molecular complexity index is 885. The van der Waals surface area contributed by atoms with E-state index in [4.69, 9.17) is 26.1 Å². The van der Waals surface area contributed by atoms with Crippen molar-refractivity contribution in [1.29, 1.82) is 0 Å². The molecular formula is C20H24ClN3O3S. The number of benzene rings is 1. The Kier molecular flexibility index (Phi) is 5.24. The zero-order chi connectivity index (χ0) is 19.9. The van der Waals surface area contributed by atoms with Crippen LogP contribution in [0.1, 0.15) is 41.8 Å². The molecule has 4 rings (SSSR count). The standard InChI is InChI=1S/C20H24ClN3O3S/c1-20(2,3)19-22-14(11-28-19)10-23-4-6-24(7-5-23)18(25)13-8-15(21)17-16(9-13)26-12-27-17/h8-9,11H,4-7,10,12H2,1-3H3. The number of piperazine rings is 1. The van der Waals surface area contributed by atoms with Gasteiger partial charge in [0.15, 0.2) is 11.5 Å². The Hall–Kier alpha value is -1.83. The lowest BCUT2D eigenvalue weighted by Crippen LogP contribution is -2.48. The molecule has 0 bridgehead atoms. The Morgan fingerprint density at radius 1 is 1.21 bits per heavy atom. The number of hydrogen-bond donors (Lipinski definition) is 0. The molecule has 0 unspecified atom stereocenters. The lowest BCUT2D eigenvalue weighted by atomic mass is 9.98. The van der Waals surface area contributed by atoms with Crippen molar-refractivity contribution in [3.63, 3.8) is 0 Å². The largest absolute Gasteiger partial charge is 0.454 e. The van der Waals surface area contributed by atoms with Crippen LogP contribution in [0.2, 0.25) is 5.02 Å². The highest BCUT2D eigenvalue weighted by atomic mass is 35.5. The molecule has 0 atom stereocenters. The van der Waals surface area contributed by atoms with Gasteiger partial charge >= 0.3 is 0 Å². The lowest BCUT2D eigenvalue weighted by molar-refractivity contribution is 0.0627. The van der Waals surface area contributed by atoms with Crippen LogP contribution in [0, 0.1) is 0 Å². The van der Waals surface area contributed by atoms with Crippen LogP contribution in [0.4, 0.5) is 0 Å². The second kappa shape index (κ2) is 7.54. The summed E-state index contributed by atoms with van der Waals surface area (Å²) in [4.78, 5) is 21.9. The molecule has 8 heteroatoms. The predicted molar refractivity (Wildman–Crippen MR) is 110 cm³/mol. The summed E-state index contributed by atoms with van der Waals surface area (Å²) in [6.45, 7) is 10.5. The summed E-state index contributed by atoms with van der Waals surface area (Å²) in [5, 5.41) is 3.72. The van der Waals surface area contributed by atoms with Gasteiger partial charge in [0.05, 0.1) is 15.7 Å². The highest BCUT2D eigenvalue weighted by Crippen LogP contribution is 2.40. The van der Waals surface area contributed by atoms with Gasteiger partial charge in [-0.2, -0.15) is 0 Å². The third kappa shape index (κ3) is 3.97. The number of ether oxygens (including phenoxy) is 2. The fourth-order valence-corrected chi connectivity index (χ4v) is 4.50. The normalized spacial score (nSPS) is 17.2. The minimum absolute atomic E-state index is 0.0245. The number of carbonyl (C=O) groups excluding carboxylic acids is 1. The van der Waals surface area contributed by atoms with Crippen molar-refractivity contribution < 1.29 is 14.3 Å². The van der Waals surface area contributed by atoms with Crippen LogP contribution in [0.5, 0.6) is 11.5 Å². The van der Waals surface area contributed by atoms with E-state index < -0.39 is 0 Å². The van der Waals surface area contributed by atoms with Crippen molar-refractivity contribution in [2.45, 2.75) is 32.7 Å². The Labute approximate surface area is 174 Å². The highest BCUT2D eigenvalue weighted by Gasteiger charge is 2.26. The van der Waals surface area contributed by atoms with Gasteiger partial charge in [-0.25, -0.2) is 4.98 Å². The molecule has 2 aliphatic heterocycles. The summed E-state index contributed by atoms with van der Waals surface area (Å²) < 4.78 is 10.7. The first-order valence-electron chi connectivity index (χ1n) is 9.37. The molecule has 0 N–H and O–H groups in total. The lowest BCUT2D eigenvalue weighted by Gasteiger charge is -2.34. The summed E-state index contributed by atoms with van der Waals surface area (Å²) in [7, 11) is 0. The number of halogens is 1. The topological polar surface area (TPSA) is 54.9 Å². The second-order valence-corrected chi connectivity index (χ2v) is 9.42. The molecule has 1 aromatic carbocycles. The third-order valence-electron chi connectivity index (χ3n) is 4.91. The molecule has 0 radical (unpaired) electrons. The zero-order valence-electron chi connectivity index (χ0n) is 16.3. The third-order valence-corrected chi connectivity index (χ3v) is 6.51. The number of rotatable bonds is 3. The first-order chi connectivity index (χ1) is 13.3. The van der Waals surface area contributed by atoms with Crippen LogP contribution < -0.4 is 9.47 Å². The van der Waals surface area contributed by atoms with Gasteiger partial charge in [-0.05, 0) is 12.1 Å². The number of fused-ring (bicyclic) bond motifs is 1. The van der Waals surface area contributed by atoms with E-state index in [1.165, 1.54) is 0 Å². The molecule has 2 aromatic rings. The maximum atomic E-state index is 12.9. The Morgan fingerprint density at radius 3 is 2.64 bits per heavy atom. The van der Waals surface area contributed by atoms with Crippen molar-refractivity contribution in [1.82, 2.24) is 14.8 Å². The van der Waals surface area contributed by atoms with Crippen LogP contribution >= 0.6 is 22.9 Å². The van der Waals surface area contributed by atoms with Gasteiger partial charge in [0, 0.05) is 49.1 Å². The van der Waals surface area contributed by atoms with Gasteiger partial charge in [-0.3, -0.25) is 9.69 Å². The van der Waals surface area contributed by atoms with Crippen molar-refractivity contribution in [2.75, 3.05) is 33.0 Å². The van der Waals surface area contributed by atoms with E-state index in [2.05, 4.69) is 31.1 Å². The number of aromatic nitrogens is 1. The van der Waals surface area contributed by atoms with Gasteiger partial charge in [0.1, 0.15) is 0 Å². The molecule has 0 spiro atoms. The van der Waals surface area contributed by atoms with Crippen LogP contribution in [-0.2, 0) is 12.0 Å². The molecule has 3 heterocycles. The molecule has 1 aromatic heterocycles. The van der Waals surface area contributed by atoms with Crippen LogP contribution in [-0.4, -0.2) is 53.7 Å². The van der Waals surface area contributed by atoms with Crippen LogP contribution in [0.15, 0.2) is 17.5 Å². The fraction of sp³-hybridized carbons (Fsp3) is 0.500. The monoisotopic (exact) mass is 421 g/mol. The van der Waals surface area contributed by atoms with Gasteiger partial charge < -0.3 is 14.4 Å². The first kappa shape index (κ1) is 19.5. The molecule has 0 saturated carbocycles. The zero-order valence-corrected chi connectivity index (χ0v) is 17.9. The number of thiazole rings is 1. The second-order valence-electron chi connectivity index (χ2n) is 8.15. The molecule has 1 fully saturated rings. The summed E-state index contributed by atoms with van der Waals surface area (Å²) in [5.74, 6) is 1.03. The Morgan fingerprint density at radius 2 is 1.96 bits per heavy atom. The Balaban J connectivity index is 1.36. The number of carbonyl (C=O) groups is 1. The molecule has 2 aliphatic rings. The molecular weight excluding hydrogens is 398 g/mol. The van der Waals surface area contributed by atoms with E-state index in [-0.39, 0.29) is 18.1 Å². The maximum Gasteiger partial charge on any atom is 0.254 e. The SMILES string of the molecule is CC(C)(C)c1nc(CN2CCN(C(=O)c3cc(Cl)c4c(c3)OCO4)CC2)cs1. The fourth-order valence-electron chi connectivity index (χ4n) is 3.34. The maximum absolute atomic E-state index is 12.9. The number of hydrogen-bond acceptors (Lipinski definition) is 6. The van der Waals surface area contributed by atoms with Crippen molar-refractivity contribution in [2.24, 2.45) is 0 Å². The summed E-state index contributed by atoms with van der Waals surface area (Å²) in [6, 6.07) is 3.37. The summed E-state index contributed by atoms with van der Waals surface area (Å²) in [5.41, 5.74) is 1.73. The smallest absolute Gasteiger partial charge is 0.254 e. The molecule has 1 amide bonds. The molecule has 28 heavy (non-hydrogen) atoms. The average molecular weight is 422 g/mol. The summed E-state index contributed by atoms with van der Waals surface area (Å²) >= 11 is 7.94. The van der Waals surface area contributed by atoms with E-state index in [0.29, 0.717) is 35.2 Å². The van der Waals surface area contributed by atoms with Gasteiger partial charge in [0.2, 0.25) is 6.79 Å². The molecule has 1 saturated heterocycles. The quantitative estimate of drug-likeness (QED) is 0.754. The van der Waals surface area contributed by atoms with Gasteiger partial charge in [-0.1, -0.05) is 32.4 Å². The van der Waals surface area contributed by atoms with E-state index >= 15 is 0 Å². The highest BCUT2D eigenvalue weighted by molar-refractivity contribution is 7.09. The number of amides is 1. The van der Waals surface area contributed by atoms with Gasteiger partial charge in [0.25, 0.3) is 5.91 Å². The van der Waals surface area contributed by atoms with Crippen molar-refractivity contribution in [3.05, 3.63) is 38.8 Å². The van der Waals surface area contributed by atoms with Crippen molar-refractivity contribution >= 4 is 28.8 Å². The number of nitrogens with zero attached hydrogens (tertiary/aromatic N) is 3. The van der Waals surface area contributed by atoms with Crippen LogP contribution in [0.25, 0.3) is 0 Å². The molecule has 150 valence electrons. The first-order valence-corrected chi connectivity index (χ1v) is 10.6.